The summed E-state index contributed by atoms with van der Waals surface area (Å²) in [6.45, 7) is 4.42. The van der Waals surface area contributed by atoms with Crippen LogP contribution in [0.15, 0.2) is 0 Å². The molecule has 0 aromatic carbocycles. The molecule has 0 aliphatic carbocycles. The molecule has 2 rings (SSSR count). The van der Waals surface area contributed by atoms with E-state index in [9.17, 15) is 5.11 Å². The van der Waals surface area contributed by atoms with Crippen molar-refractivity contribution in [2.45, 2.75) is 38.3 Å². The van der Waals surface area contributed by atoms with Crippen molar-refractivity contribution in [3.63, 3.8) is 0 Å². The van der Waals surface area contributed by atoms with E-state index in [0.29, 0.717) is 0 Å². The maximum atomic E-state index is 9.49. The van der Waals surface area contributed by atoms with Gasteiger partial charge < -0.3 is 5.11 Å². The molecule has 0 aromatic heterocycles. The molecule has 2 aliphatic heterocycles. The van der Waals surface area contributed by atoms with E-state index in [4.69, 9.17) is 0 Å². The van der Waals surface area contributed by atoms with Crippen LogP contribution in [0.4, 0.5) is 0 Å². The number of hydrogen-bond donors (Lipinski definition) is 1. The molecule has 2 aliphatic rings. The quantitative estimate of drug-likeness (QED) is 0.560. The molecular weight excluding hydrogens is 138 g/mol. The van der Waals surface area contributed by atoms with Gasteiger partial charge in [-0.25, -0.2) is 0 Å². The fourth-order valence-electron chi connectivity index (χ4n) is 2.57. The Bertz CT molecular complexity index is 134. The minimum Gasteiger partial charge on any atom is -0.392 e. The fraction of sp³-hybridized carbons (Fsp3) is 1.00. The van der Waals surface area contributed by atoms with Crippen LogP contribution in [-0.4, -0.2) is 35.2 Å². The van der Waals surface area contributed by atoms with Crippen molar-refractivity contribution in [3.05, 3.63) is 0 Å². The molecular formula is C9H17NO. The lowest BCUT2D eigenvalue weighted by molar-refractivity contribution is -0.0208. The zero-order chi connectivity index (χ0) is 7.84. The average molecular weight is 155 g/mol. The Labute approximate surface area is 68.2 Å². The summed E-state index contributed by atoms with van der Waals surface area (Å²) >= 11 is 0. The van der Waals surface area contributed by atoms with Gasteiger partial charge in [-0.2, -0.15) is 0 Å². The number of aliphatic hydroxyl groups excluding tert-OH is 1. The molecule has 2 heterocycles. The summed E-state index contributed by atoms with van der Waals surface area (Å²) in [5.41, 5.74) is 0. The normalized spacial score (nSPS) is 50.7. The maximum absolute atomic E-state index is 9.49. The molecule has 0 spiro atoms. The van der Waals surface area contributed by atoms with Crippen LogP contribution < -0.4 is 0 Å². The SMILES string of the molecule is CC1C2CCCN1CC(O)C2. The third-order valence-corrected chi connectivity index (χ3v) is 3.30. The average Bonchev–Trinajstić information content (AvgIpc) is 1.92. The standard InChI is InChI=1S/C9H17NO/c1-7-8-3-2-4-10(7)6-9(11)5-8/h7-9,11H,2-6H2,1H3. The summed E-state index contributed by atoms with van der Waals surface area (Å²) in [5, 5.41) is 9.49. The molecule has 2 fully saturated rings. The lowest BCUT2D eigenvalue weighted by Gasteiger charge is -2.45. The molecule has 4 unspecified atom stereocenters. The van der Waals surface area contributed by atoms with Crippen LogP contribution in [-0.2, 0) is 0 Å². The lowest BCUT2D eigenvalue weighted by atomic mass is 9.82. The Morgan fingerprint density at radius 1 is 1.45 bits per heavy atom. The van der Waals surface area contributed by atoms with Crippen molar-refractivity contribution in [1.29, 1.82) is 0 Å². The molecule has 0 amide bonds. The fourth-order valence-corrected chi connectivity index (χ4v) is 2.57. The molecule has 64 valence electrons. The van der Waals surface area contributed by atoms with Gasteiger partial charge in [0.1, 0.15) is 0 Å². The minimum absolute atomic E-state index is 0.0449. The van der Waals surface area contributed by atoms with Crippen molar-refractivity contribution < 1.29 is 5.11 Å². The van der Waals surface area contributed by atoms with Gasteiger partial charge in [0.2, 0.25) is 0 Å². The molecule has 2 saturated heterocycles. The van der Waals surface area contributed by atoms with Crippen LogP contribution in [0.5, 0.6) is 0 Å². The van der Waals surface area contributed by atoms with Crippen LogP contribution in [0.25, 0.3) is 0 Å². The number of nitrogens with zero attached hydrogens (tertiary/aromatic N) is 1. The largest absolute Gasteiger partial charge is 0.392 e. The first-order chi connectivity index (χ1) is 5.27. The van der Waals surface area contributed by atoms with Crippen molar-refractivity contribution in [2.75, 3.05) is 13.1 Å². The van der Waals surface area contributed by atoms with E-state index in [1.807, 2.05) is 0 Å². The summed E-state index contributed by atoms with van der Waals surface area (Å²) in [7, 11) is 0. The molecule has 2 heteroatoms. The van der Waals surface area contributed by atoms with E-state index < -0.39 is 0 Å². The second kappa shape index (κ2) is 2.76. The smallest absolute Gasteiger partial charge is 0.0670 e. The molecule has 4 atom stereocenters. The molecule has 11 heavy (non-hydrogen) atoms. The Kier molecular flexibility index (Phi) is 1.90. The van der Waals surface area contributed by atoms with Crippen molar-refractivity contribution in [2.24, 2.45) is 5.92 Å². The number of piperidine rings is 2. The Morgan fingerprint density at radius 3 is 3.00 bits per heavy atom. The molecule has 1 N–H and O–H groups in total. The molecule has 0 aromatic rings. The van der Waals surface area contributed by atoms with Gasteiger partial charge in [0, 0.05) is 12.6 Å². The van der Waals surface area contributed by atoms with Crippen LogP contribution in [0.1, 0.15) is 26.2 Å². The highest BCUT2D eigenvalue weighted by atomic mass is 16.3. The highest BCUT2D eigenvalue weighted by Crippen LogP contribution is 2.31. The molecule has 2 nitrogen and oxygen atoms in total. The van der Waals surface area contributed by atoms with E-state index in [-0.39, 0.29) is 6.10 Å². The van der Waals surface area contributed by atoms with E-state index in [1.54, 1.807) is 0 Å². The van der Waals surface area contributed by atoms with Gasteiger partial charge in [-0.3, -0.25) is 4.90 Å². The maximum Gasteiger partial charge on any atom is 0.0670 e. The van der Waals surface area contributed by atoms with Gasteiger partial charge in [-0.05, 0) is 38.6 Å². The molecule has 0 saturated carbocycles. The number of aliphatic hydroxyl groups is 1. The highest BCUT2D eigenvalue weighted by Gasteiger charge is 2.34. The predicted octanol–water partition coefficient (Wildman–Crippen LogP) is 0.851. The van der Waals surface area contributed by atoms with Crippen molar-refractivity contribution >= 4 is 0 Å². The first kappa shape index (κ1) is 7.56. The van der Waals surface area contributed by atoms with Gasteiger partial charge in [-0.1, -0.05) is 0 Å². The molecule has 2 bridgehead atoms. The monoisotopic (exact) mass is 155 g/mol. The third kappa shape index (κ3) is 1.30. The Morgan fingerprint density at radius 2 is 2.27 bits per heavy atom. The zero-order valence-corrected chi connectivity index (χ0v) is 7.16. The summed E-state index contributed by atoms with van der Waals surface area (Å²) in [6.07, 6.45) is 3.66. The summed E-state index contributed by atoms with van der Waals surface area (Å²) < 4.78 is 0. The first-order valence-electron chi connectivity index (χ1n) is 4.69. The summed E-state index contributed by atoms with van der Waals surface area (Å²) in [5.74, 6) is 0.771. The minimum atomic E-state index is -0.0449. The topological polar surface area (TPSA) is 23.5 Å². The summed E-state index contributed by atoms with van der Waals surface area (Å²) in [6, 6.07) is 0.729. The van der Waals surface area contributed by atoms with E-state index in [2.05, 4.69) is 11.8 Å². The Balaban J connectivity index is 2.07. The Hall–Kier alpha value is -0.0800. The first-order valence-corrected chi connectivity index (χ1v) is 4.69. The molecule has 0 radical (unpaired) electrons. The van der Waals surface area contributed by atoms with E-state index >= 15 is 0 Å². The highest BCUT2D eigenvalue weighted by molar-refractivity contribution is 4.88. The lowest BCUT2D eigenvalue weighted by Crippen LogP contribution is -2.52. The number of hydrogen-bond acceptors (Lipinski definition) is 2. The van der Waals surface area contributed by atoms with Gasteiger partial charge in [0.15, 0.2) is 0 Å². The van der Waals surface area contributed by atoms with Gasteiger partial charge in [-0.15, -0.1) is 0 Å². The van der Waals surface area contributed by atoms with Gasteiger partial charge in [0.05, 0.1) is 6.10 Å². The van der Waals surface area contributed by atoms with Crippen molar-refractivity contribution in [3.8, 4) is 0 Å². The van der Waals surface area contributed by atoms with Crippen LogP contribution in [0.2, 0.25) is 0 Å². The summed E-state index contributed by atoms with van der Waals surface area (Å²) in [4.78, 5) is 2.43. The van der Waals surface area contributed by atoms with E-state index in [0.717, 1.165) is 24.9 Å². The van der Waals surface area contributed by atoms with E-state index in [1.165, 1.54) is 19.4 Å². The zero-order valence-electron chi connectivity index (χ0n) is 7.16. The van der Waals surface area contributed by atoms with Crippen LogP contribution in [0, 0.1) is 5.92 Å². The second-order valence-electron chi connectivity index (χ2n) is 4.03. The van der Waals surface area contributed by atoms with Crippen LogP contribution in [0.3, 0.4) is 0 Å². The number of rotatable bonds is 0. The number of fused-ring (bicyclic) bond motifs is 2. The second-order valence-corrected chi connectivity index (χ2v) is 4.03. The predicted molar refractivity (Wildman–Crippen MR) is 44.4 cm³/mol. The third-order valence-electron chi connectivity index (χ3n) is 3.30. The van der Waals surface area contributed by atoms with Crippen molar-refractivity contribution in [1.82, 2.24) is 4.90 Å². The van der Waals surface area contributed by atoms with Crippen LogP contribution >= 0.6 is 0 Å². The van der Waals surface area contributed by atoms with Gasteiger partial charge >= 0.3 is 0 Å². The van der Waals surface area contributed by atoms with Gasteiger partial charge in [0.25, 0.3) is 0 Å².